The van der Waals surface area contributed by atoms with Gasteiger partial charge in [0.2, 0.25) is 0 Å². The van der Waals surface area contributed by atoms with Gasteiger partial charge in [-0.25, -0.2) is 0 Å². The second kappa shape index (κ2) is 6.37. The maximum absolute atomic E-state index is 12.4. The number of rotatable bonds is 2. The van der Waals surface area contributed by atoms with Gasteiger partial charge in [-0.05, 0) is 34.1 Å². The van der Waals surface area contributed by atoms with Gasteiger partial charge in [-0.1, -0.05) is 27.5 Å². The summed E-state index contributed by atoms with van der Waals surface area (Å²) >= 11 is 12.7. The number of carbonyl (C=O) groups excluding carboxylic acids is 1. The molecule has 1 aromatic carbocycles. The molecule has 1 atom stereocenters. The highest BCUT2D eigenvalue weighted by Crippen LogP contribution is 2.24. The molecule has 1 fully saturated rings. The third-order valence-electron chi connectivity index (χ3n) is 2.83. The number of morpholine rings is 1. The Bertz CT molecular complexity index is 456. The average molecular weight is 397 g/mol. The van der Waals surface area contributed by atoms with Crippen LogP contribution < -0.4 is 0 Å². The number of carbonyl (C=O) groups is 1. The Morgan fingerprint density at radius 2 is 2.33 bits per heavy atom. The maximum Gasteiger partial charge on any atom is 0.254 e. The predicted octanol–water partition coefficient (Wildman–Crippen LogP) is 3.34. The lowest BCUT2D eigenvalue weighted by atomic mass is 10.1. The Morgan fingerprint density at radius 3 is 3.00 bits per heavy atom. The molecule has 0 N–H and O–H groups in total. The van der Waals surface area contributed by atoms with Crippen LogP contribution >= 0.6 is 43.5 Å². The molecule has 1 amide bonds. The SMILES string of the molecule is O=C(c1ccc(Br)c(Cl)c1)N1CCOCC1CBr. The van der Waals surface area contributed by atoms with Crippen LogP contribution in [0.3, 0.4) is 0 Å². The highest BCUT2D eigenvalue weighted by Gasteiger charge is 2.27. The van der Waals surface area contributed by atoms with Crippen molar-refractivity contribution in [3.63, 3.8) is 0 Å². The Morgan fingerprint density at radius 1 is 1.56 bits per heavy atom. The van der Waals surface area contributed by atoms with E-state index in [-0.39, 0.29) is 11.9 Å². The van der Waals surface area contributed by atoms with Crippen molar-refractivity contribution in [3.8, 4) is 0 Å². The lowest BCUT2D eigenvalue weighted by Gasteiger charge is -2.34. The first-order valence-corrected chi connectivity index (χ1v) is 7.82. The van der Waals surface area contributed by atoms with Crippen molar-refractivity contribution in [1.82, 2.24) is 4.90 Å². The highest BCUT2D eigenvalue weighted by molar-refractivity contribution is 9.10. The molecule has 0 radical (unpaired) electrons. The minimum absolute atomic E-state index is 0.00264. The molecule has 98 valence electrons. The molecule has 0 aliphatic carbocycles. The standard InChI is InChI=1S/C12H12Br2ClNO2/c13-6-9-7-18-4-3-16(9)12(17)8-1-2-10(14)11(15)5-8/h1-2,5,9H,3-4,6-7H2. The Balaban J connectivity index is 2.21. The van der Waals surface area contributed by atoms with E-state index in [4.69, 9.17) is 16.3 Å². The van der Waals surface area contributed by atoms with Gasteiger partial charge in [-0.3, -0.25) is 4.79 Å². The Kier molecular flexibility index (Phi) is 5.06. The van der Waals surface area contributed by atoms with E-state index in [9.17, 15) is 4.79 Å². The van der Waals surface area contributed by atoms with Gasteiger partial charge >= 0.3 is 0 Å². The number of ether oxygens (including phenoxy) is 1. The monoisotopic (exact) mass is 395 g/mol. The summed E-state index contributed by atoms with van der Waals surface area (Å²) in [6.07, 6.45) is 0. The van der Waals surface area contributed by atoms with E-state index in [2.05, 4.69) is 31.9 Å². The highest BCUT2D eigenvalue weighted by atomic mass is 79.9. The Labute approximate surface area is 128 Å². The summed E-state index contributed by atoms with van der Waals surface area (Å²) in [6, 6.07) is 5.33. The van der Waals surface area contributed by atoms with Gasteiger partial charge in [0, 0.05) is 21.9 Å². The maximum atomic E-state index is 12.4. The molecule has 1 saturated heterocycles. The normalized spacial score (nSPS) is 19.9. The van der Waals surface area contributed by atoms with Crippen LogP contribution in [0.2, 0.25) is 5.02 Å². The number of hydrogen-bond acceptors (Lipinski definition) is 2. The second-order valence-electron chi connectivity index (χ2n) is 4.01. The lowest BCUT2D eigenvalue weighted by Crippen LogP contribution is -2.49. The molecule has 0 aromatic heterocycles. The fourth-order valence-electron chi connectivity index (χ4n) is 1.85. The van der Waals surface area contributed by atoms with Gasteiger partial charge < -0.3 is 9.64 Å². The zero-order valence-corrected chi connectivity index (χ0v) is 13.5. The number of halogens is 3. The third-order valence-corrected chi connectivity index (χ3v) is 4.81. The minimum atomic E-state index is -0.00264. The predicted molar refractivity (Wildman–Crippen MR) is 78.6 cm³/mol. The second-order valence-corrected chi connectivity index (χ2v) is 5.92. The van der Waals surface area contributed by atoms with Crippen molar-refractivity contribution in [2.24, 2.45) is 0 Å². The van der Waals surface area contributed by atoms with Crippen molar-refractivity contribution in [1.29, 1.82) is 0 Å². The van der Waals surface area contributed by atoms with Crippen LogP contribution in [0, 0.1) is 0 Å². The molecular formula is C12H12Br2ClNO2. The Hall–Kier alpha value is -0.100. The van der Waals surface area contributed by atoms with E-state index in [1.807, 2.05) is 4.90 Å². The van der Waals surface area contributed by atoms with Crippen molar-refractivity contribution in [3.05, 3.63) is 33.3 Å². The van der Waals surface area contributed by atoms with Gasteiger partial charge in [0.05, 0.1) is 24.3 Å². The molecule has 0 spiro atoms. The topological polar surface area (TPSA) is 29.5 Å². The minimum Gasteiger partial charge on any atom is -0.377 e. The van der Waals surface area contributed by atoms with E-state index >= 15 is 0 Å². The van der Waals surface area contributed by atoms with Crippen molar-refractivity contribution >= 4 is 49.4 Å². The first-order valence-electron chi connectivity index (χ1n) is 5.53. The summed E-state index contributed by atoms with van der Waals surface area (Å²) in [4.78, 5) is 14.2. The quantitative estimate of drug-likeness (QED) is 0.717. The van der Waals surface area contributed by atoms with Crippen molar-refractivity contribution in [2.75, 3.05) is 25.1 Å². The van der Waals surface area contributed by atoms with Crippen LogP contribution in [0.4, 0.5) is 0 Å². The number of alkyl halides is 1. The van der Waals surface area contributed by atoms with Crippen molar-refractivity contribution in [2.45, 2.75) is 6.04 Å². The summed E-state index contributed by atoms with van der Waals surface area (Å²) in [7, 11) is 0. The summed E-state index contributed by atoms with van der Waals surface area (Å²) in [5.41, 5.74) is 0.607. The largest absolute Gasteiger partial charge is 0.377 e. The van der Waals surface area contributed by atoms with E-state index in [0.717, 1.165) is 4.47 Å². The molecular weight excluding hydrogens is 385 g/mol. The van der Waals surface area contributed by atoms with Crippen LogP contribution in [0.5, 0.6) is 0 Å². The molecule has 1 unspecified atom stereocenters. The van der Waals surface area contributed by atoms with E-state index in [1.165, 1.54) is 0 Å². The van der Waals surface area contributed by atoms with E-state index in [0.29, 0.717) is 35.7 Å². The van der Waals surface area contributed by atoms with Crippen LogP contribution in [-0.2, 0) is 4.74 Å². The number of amides is 1. The molecule has 6 heteroatoms. The summed E-state index contributed by atoms with van der Waals surface area (Å²) in [6.45, 7) is 1.77. The van der Waals surface area contributed by atoms with Gasteiger partial charge in [-0.2, -0.15) is 0 Å². The lowest BCUT2D eigenvalue weighted by molar-refractivity contribution is 0.00525. The molecule has 1 aliphatic rings. The summed E-state index contributed by atoms with van der Waals surface area (Å²) in [5.74, 6) is -0.00264. The fraction of sp³-hybridized carbons (Fsp3) is 0.417. The molecule has 1 heterocycles. The zero-order valence-electron chi connectivity index (χ0n) is 9.54. The van der Waals surface area contributed by atoms with Crippen LogP contribution in [0.15, 0.2) is 22.7 Å². The summed E-state index contributed by atoms with van der Waals surface area (Å²) < 4.78 is 6.17. The molecule has 1 aromatic rings. The smallest absolute Gasteiger partial charge is 0.254 e. The van der Waals surface area contributed by atoms with Gasteiger partial charge in [-0.15, -0.1) is 0 Å². The molecule has 0 bridgehead atoms. The first-order chi connectivity index (χ1) is 8.63. The molecule has 1 aliphatic heterocycles. The van der Waals surface area contributed by atoms with Gasteiger partial charge in [0.1, 0.15) is 0 Å². The van der Waals surface area contributed by atoms with E-state index < -0.39 is 0 Å². The average Bonchev–Trinajstić information content (AvgIpc) is 2.41. The first kappa shape index (κ1) is 14.3. The fourth-order valence-corrected chi connectivity index (χ4v) is 2.81. The number of benzene rings is 1. The summed E-state index contributed by atoms with van der Waals surface area (Å²) in [5, 5.41) is 1.26. The molecule has 2 rings (SSSR count). The van der Waals surface area contributed by atoms with Crippen LogP contribution in [0.1, 0.15) is 10.4 Å². The van der Waals surface area contributed by atoms with Crippen LogP contribution in [0.25, 0.3) is 0 Å². The molecule has 3 nitrogen and oxygen atoms in total. The van der Waals surface area contributed by atoms with Crippen LogP contribution in [-0.4, -0.2) is 41.9 Å². The van der Waals surface area contributed by atoms with Crippen molar-refractivity contribution < 1.29 is 9.53 Å². The third kappa shape index (κ3) is 3.07. The molecule has 18 heavy (non-hydrogen) atoms. The van der Waals surface area contributed by atoms with E-state index in [1.54, 1.807) is 18.2 Å². The number of hydrogen-bond donors (Lipinski definition) is 0. The zero-order chi connectivity index (χ0) is 13.1. The van der Waals surface area contributed by atoms with Gasteiger partial charge in [0.15, 0.2) is 0 Å². The number of nitrogens with zero attached hydrogens (tertiary/aromatic N) is 1. The van der Waals surface area contributed by atoms with Gasteiger partial charge in [0.25, 0.3) is 5.91 Å². The molecule has 0 saturated carbocycles.